The number of hydrogen-bond donors (Lipinski definition) is 2. The van der Waals surface area contributed by atoms with Crippen LogP contribution in [0.5, 0.6) is 0 Å². The minimum atomic E-state index is -0.944. The molecule has 0 aliphatic carbocycles. The number of amides is 3. The van der Waals surface area contributed by atoms with Gasteiger partial charge in [0.1, 0.15) is 17.7 Å². The van der Waals surface area contributed by atoms with Gasteiger partial charge in [0.2, 0.25) is 5.91 Å². The maximum Gasteiger partial charge on any atom is 0.408 e. The van der Waals surface area contributed by atoms with Gasteiger partial charge in [-0.1, -0.05) is 88.4 Å². The van der Waals surface area contributed by atoms with Crippen LogP contribution in [0.15, 0.2) is 73.3 Å². The fourth-order valence-electron chi connectivity index (χ4n) is 4.71. The molecular formula is C34H43N3O4. The average Bonchev–Trinajstić information content (AvgIpc) is 2.94. The first-order chi connectivity index (χ1) is 19.5. The SMILES string of the molecule is C=Cc1cccc(C(C(=O)Nc2ccc3ccccc3c2)N(CCC)C(=O)C(NC(=O)OC(C)(C)C)C(C)CC)c1. The van der Waals surface area contributed by atoms with Crippen molar-refractivity contribution in [1.82, 2.24) is 10.2 Å². The molecule has 0 aliphatic heterocycles. The van der Waals surface area contributed by atoms with Crippen LogP contribution < -0.4 is 10.6 Å². The van der Waals surface area contributed by atoms with Crippen molar-refractivity contribution in [2.24, 2.45) is 5.92 Å². The molecule has 3 aromatic rings. The molecule has 0 spiro atoms. The molecule has 7 nitrogen and oxygen atoms in total. The zero-order chi connectivity index (χ0) is 30.2. The van der Waals surface area contributed by atoms with Gasteiger partial charge in [-0.15, -0.1) is 0 Å². The third-order valence-electron chi connectivity index (χ3n) is 6.94. The molecule has 0 heterocycles. The Morgan fingerprint density at radius 1 is 0.976 bits per heavy atom. The summed E-state index contributed by atoms with van der Waals surface area (Å²) in [7, 11) is 0. The molecule has 3 amide bonds. The van der Waals surface area contributed by atoms with Crippen LogP contribution in [0.4, 0.5) is 10.5 Å². The zero-order valence-electron chi connectivity index (χ0n) is 25.1. The number of nitrogens with zero attached hydrogens (tertiary/aromatic N) is 1. The van der Waals surface area contributed by atoms with Crippen molar-refractivity contribution in [2.75, 3.05) is 11.9 Å². The van der Waals surface area contributed by atoms with Gasteiger partial charge in [0, 0.05) is 12.2 Å². The number of benzene rings is 3. The molecular weight excluding hydrogens is 514 g/mol. The Morgan fingerprint density at radius 2 is 1.68 bits per heavy atom. The molecule has 218 valence electrons. The predicted octanol–water partition coefficient (Wildman–Crippen LogP) is 7.34. The number of hydrogen-bond acceptors (Lipinski definition) is 4. The lowest BCUT2D eigenvalue weighted by molar-refractivity contribution is -0.141. The summed E-state index contributed by atoms with van der Waals surface area (Å²) in [6, 6.07) is 19.3. The van der Waals surface area contributed by atoms with Gasteiger partial charge < -0.3 is 20.3 Å². The van der Waals surface area contributed by atoms with E-state index in [1.54, 1.807) is 31.7 Å². The van der Waals surface area contributed by atoms with E-state index in [2.05, 4.69) is 17.2 Å². The third-order valence-corrected chi connectivity index (χ3v) is 6.94. The molecule has 0 bridgehead atoms. The van der Waals surface area contributed by atoms with E-state index < -0.39 is 23.8 Å². The Hall–Kier alpha value is -4.13. The summed E-state index contributed by atoms with van der Waals surface area (Å²) in [5, 5.41) is 7.91. The summed E-state index contributed by atoms with van der Waals surface area (Å²) in [5.41, 5.74) is 1.40. The summed E-state index contributed by atoms with van der Waals surface area (Å²) in [5.74, 6) is -0.878. The summed E-state index contributed by atoms with van der Waals surface area (Å²) < 4.78 is 5.48. The zero-order valence-corrected chi connectivity index (χ0v) is 25.1. The van der Waals surface area contributed by atoms with Crippen LogP contribution in [-0.4, -0.2) is 41.0 Å². The highest BCUT2D eigenvalue weighted by molar-refractivity contribution is 6.00. The molecule has 0 saturated carbocycles. The van der Waals surface area contributed by atoms with E-state index in [0.717, 1.165) is 16.3 Å². The lowest BCUT2D eigenvalue weighted by atomic mass is 9.95. The van der Waals surface area contributed by atoms with Gasteiger partial charge in [-0.05, 0) is 73.2 Å². The Kier molecular flexibility index (Phi) is 10.7. The summed E-state index contributed by atoms with van der Waals surface area (Å²) in [4.78, 5) is 42.8. The Morgan fingerprint density at radius 3 is 2.32 bits per heavy atom. The first-order valence-electron chi connectivity index (χ1n) is 14.3. The summed E-state index contributed by atoms with van der Waals surface area (Å²) >= 11 is 0. The lowest BCUT2D eigenvalue weighted by Crippen LogP contribution is -2.54. The third kappa shape index (κ3) is 8.43. The second-order valence-electron chi connectivity index (χ2n) is 11.4. The van der Waals surface area contributed by atoms with Crippen molar-refractivity contribution in [3.63, 3.8) is 0 Å². The van der Waals surface area contributed by atoms with E-state index in [-0.39, 0.29) is 17.7 Å². The number of carbonyl (C=O) groups is 3. The normalized spacial score (nSPS) is 13.5. The topological polar surface area (TPSA) is 87.7 Å². The Labute approximate surface area is 244 Å². The van der Waals surface area contributed by atoms with Gasteiger partial charge in [-0.2, -0.15) is 0 Å². The van der Waals surface area contributed by atoms with Crippen molar-refractivity contribution < 1.29 is 19.1 Å². The van der Waals surface area contributed by atoms with E-state index in [0.29, 0.717) is 30.6 Å². The van der Waals surface area contributed by atoms with Crippen LogP contribution in [0, 0.1) is 5.92 Å². The number of anilines is 1. The van der Waals surface area contributed by atoms with E-state index in [1.165, 1.54) is 0 Å². The van der Waals surface area contributed by atoms with Gasteiger partial charge in [0.25, 0.3) is 5.91 Å². The van der Waals surface area contributed by atoms with Crippen molar-refractivity contribution in [3.05, 3.63) is 84.4 Å². The number of fused-ring (bicyclic) bond motifs is 1. The maximum atomic E-state index is 14.3. The Bertz CT molecular complexity index is 1380. The lowest BCUT2D eigenvalue weighted by Gasteiger charge is -2.36. The molecule has 0 radical (unpaired) electrons. The van der Waals surface area contributed by atoms with E-state index in [1.807, 2.05) is 87.5 Å². The van der Waals surface area contributed by atoms with Crippen LogP contribution in [-0.2, 0) is 14.3 Å². The summed E-state index contributed by atoms with van der Waals surface area (Å²) in [6.45, 7) is 15.3. The first kappa shape index (κ1) is 31.4. The fraction of sp³-hybridized carbons (Fsp3) is 0.382. The van der Waals surface area contributed by atoms with E-state index in [4.69, 9.17) is 4.74 Å². The van der Waals surface area contributed by atoms with Gasteiger partial charge in [0.15, 0.2) is 0 Å². The van der Waals surface area contributed by atoms with Crippen LogP contribution in [0.1, 0.15) is 71.6 Å². The molecule has 0 saturated heterocycles. The van der Waals surface area contributed by atoms with Crippen LogP contribution in [0.2, 0.25) is 0 Å². The first-order valence-corrected chi connectivity index (χ1v) is 14.3. The number of carbonyl (C=O) groups excluding carboxylic acids is 3. The minimum Gasteiger partial charge on any atom is -0.444 e. The quantitative estimate of drug-likeness (QED) is 0.258. The number of ether oxygens (including phenoxy) is 1. The second kappa shape index (κ2) is 14.0. The van der Waals surface area contributed by atoms with Crippen molar-refractivity contribution >= 4 is 40.4 Å². The molecule has 41 heavy (non-hydrogen) atoms. The van der Waals surface area contributed by atoms with Crippen LogP contribution >= 0.6 is 0 Å². The monoisotopic (exact) mass is 557 g/mol. The van der Waals surface area contributed by atoms with Crippen LogP contribution in [0.3, 0.4) is 0 Å². The van der Waals surface area contributed by atoms with Crippen molar-refractivity contribution in [1.29, 1.82) is 0 Å². The molecule has 3 unspecified atom stereocenters. The molecule has 0 aliphatic rings. The maximum absolute atomic E-state index is 14.3. The van der Waals surface area contributed by atoms with Gasteiger partial charge >= 0.3 is 6.09 Å². The molecule has 7 heteroatoms. The fourth-order valence-corrected chi connectivity index (χ4v) is 4.71. The van der Waals surface area contributed by atoms with Gasteiger partial charge in [-0.25, -0.2) is 4.79 Å². The van der Waals surface area contributed by atoms with Gasteiger partial charge in [-0.3, -0.25) is 9.59 Å². The molecule has 3 atom stereocenters. The molecule has 3 aromatic carbocycles. The minimum absolute atomic E-state index is 0.196. The second-order valence-corrected chi connectivity index (χ2v) is 11.4. The smallest absolute Gasteiger partial charge is 0.408 e. The number of nitrogens with one attached hydrogen (secondary N) is 2. The largest absolute Gasteiger partial charge is 0.444 e. The Balaban J connectivity index is 2.04. The molecule has 2 N–H and O–H groups in total. The highest BCUT2D eigenvalue weighted by Gasteiger charge is 2.38. The van der Waals surface area contributed by atoms with E-state index in [9.17, 15) is 14.4 Å². The summed E-state index contributed by atoms with van der Waals surface area (Å²) in [6.07, 6.45) is 2.30. The van der Waals surface area contributed by atoms with Crippen molar-refractivity contribution in [3.8, 4) is 0 Å². The van der Waals surface area contributed by atoms with Crippen LogP contribution in [0.25, 0.3) is 16.8 Å². The highest BCUT2D eigenvalue weighted by atomic mass is 16.6. The standard InChI is InChI=1S/C34H43N3O4/c1-8-20-37(32(39)29(23(4)9-2)36-33(40)41-34(5,6)7)30(27-17-13-14-24(10-3)21-27)31(38)35-28-19-18-25-15-11-12-16-26(25)22-28/h10-19,21-23,29-30H,3,8-9,20H2,1-2,4-7H3,(H,35,38)(H,36,40). The highest BCUT2D eigenvalue weighted by Crippen LogP contribution is 2.28. The number of rotatable bonds is 11. The van der Waals surface area contributed by atoms with Gasteiger partial charge in [0.05, 0.1) is 0 Å². The molecule has 0 aromatic heterocycles. The van der Waals surface area contributed by atoms with E-state index >= 15 is 0 Å². The average molecular weight is 558 g/mol. The predicted molar refractivity (Wildman–Crippen MR) is 166 cm³/mol. The molecule has 3 rings (SSSR count). The number of alkyl carbamates (subject to hydrolysis) is 1. The molecule has 0 fully saturated rings. The van der Waals surface area contributed by atoms with Crippen molar-refractivity contribution in [2.45, 2.75) is 72.1 Å².